The second-order valence-corrected chi connectivity index (χ2v) is 5.69. The van der Waals surface area contributed by atoms with Crippen LogP contribution >= 0.6 is 11.3 Å². The second-order valence-electron chi connectivity index (χ2n) is 4.54. The molecule has 0 fully saturated rings. The van der Waals surface area contributed by atoms with Gasteiger partial charge in [0.1, 0.15) is 6.04 Å². The van der Waals surface area contributed by atoms with Gasteiger partial charge in [-0.15, -0.1) is 11.3 Å². The van der Waals surface area contributed by atoms with Gasteiger partial charge >= 0.3 is 5.97 Å². The van der Waals surface area contributed by atoms with Crippen molar-refractivity contribution in [2.24, 2.45) is 0 Å². The number of nitrogens with two attached hydrogens (primary N) is 1. The Balaban J connectivity index is 1.99. The normalized spacial score (nSPS) is 12.0. The molecule has 21 heavy (non-hydrogen) atoms. The van der Waals surface area contributed by atoms with Gasteiger partial charge in [0.2, 0.25) is 0 Å². The zero-order valence-corrected chi connectivity index (χ0v) is 12.7. The molecule has 2 aromatic rings. The van der Waals surface area contributed by atoms with Gasteiger partial charge < -0.3 is 10.5 Å². The van der Waals surface area contributed by atoms with Crippen molar-refractivity contribution in [3.63, 3.8) is 0 Å². The first-order chi connectivity index (χ1) is 10.2. The monoisotopic (exact) mass is 305 g/mol. The van der Waals surface area contributed by atoms with Gasteiger partial charge in [0.15, 0.2) is 5.13 Å². The van der Waals surface area contributed by atoms with E-state index in [9.17, 15) is 4.79 Å². The van der Waals surface area contributed by atoms with Crippen LogP contribution in [0.25, 0.3) is 0 Å². The van der Waals surface area contributed by atoms with E-state index in [1.165, 1.54) is 11.3 Å². The molecular weight excluding hydrogens is 286 g/mol. The van der Waals surface area contributed by atoms with Crippen molar-refractivity contribution >= 4 is 22.4 Å². The molecular formula is C15H19N3O2S. The summed E-state index contributed by atoms with van der Waals surface area (Å²) in [5.41, 5.74) is 6.69. The van der Waals surface area contributed by atoms with Crippen molar-refractivity contribution in [2.75, 3.05) is 12.3 Å². The SMILES string of the molecule is CCOC(=O)C(Cc1ccccc1)NCc1cnc(N)s1. The van der Waals surface area contributed by atoms with Crippen LogP contribution in [0.1, 0.15) is 17.4 Å². The molecule has 1 aromatic carbocycles. The number of nitrogens with zero attached hydrogens (tertiary/aromatic N) is 1. The van der Waals surface area contributed by atoms with Crippen molar-refractivity contribution in [2.45, 2.75) is 25.9 Å². The minimum absolute atomic E-state index is 0.237. The van der Waals surface area contributed by atoms with Gasteiger partial charge in [0.25, 0.3) is 0 Å². The number of hydrogen-bond acceptors (Lipinski definition) is 6. The molecule has 0 spiro atoms. The lowest BCUT2D eigenvalue weighted by molar-refractivity contribution is -0.145. The minimum atomic E-state index is -0.379. The van der Waals surface area contributed by atoms with Crippen LogP contribution in [0.2, 0.25) is 0 Å². The molecule has 112 valence electrons. The topological polar surface area (TPSA) is 77.2 Å². The zero-order chi connectivity index (χ0) is 15.1. The molecule has 1 heterocycles. The van der Waals surface area contributed by atoms with Crippen LogP contribution in [0.3, 0.4) is 0 Å². The highest BCUT2D eigenvalue weighted by Gasteiger charge is 2.20. The minimum Gasteiger partial charge on any atom is -0.465 e. The summed E-state index contributed by atoms with van der Waals surface area (Å²) in [4.78, 5) is 17.0. The number of nitrogens with one attached hydrogen (secondary N) is 1. The number of carbonyl (C=O) groups excluding carboxylic acids is 1. The van der Waals surface area contributed by atoms with Gasteiger partial charge in [-0.3, -0.25) is 10.1 Å². The molecule has 2 rings (SSSR count). The number of aromatic nitrogens is 1. The molecule has 0 bridgehead atoms. The largest absolute Gasteiger partial charge is 0.465 e. The highest BCUT2D eigenvalue weighted by Crippen LogP contribution is 2.14. The molecule has 0 saturated carbocycles. The van der Waals surface area contributed by atoms with Crippen LogP contribution < -0.4 is 11.1 Å². The van der Waals surface area contributed by atoms with Gasteiger partial charge in [-0.2, -0.15) is 0 Å². The van der Waals surface area contributed by atoms with Crippen molar-refractivity contribution in [3.05, 3.63) is 47.0 Å². The fourth-order valence-electron chi connectivity index (χ4n) is 1.96. The number of thiazole rings is 1. The Bertz CT molecular complexity index is 571. The second kappa shape index (κ2) is 7.75. The Morgan fingerprint density at radius 1 is 1.43 bits per heavy atom. The number of carbonyl (C=O) groups is 1. The predicted molar refractivity (Wildman–Crippen MR) is 83.9 cm³/mol. The summed E-state index contributed by atoms with van der Waals surface area (Å²) in [5, 5.41) is 3.75. The van der Waals surface area contributed by atoms with Crippen molar-refractivity contribution in [1.29, 1.82) is 0 Å². The van der Waals surface area contributed by atoms with Crippen LogP contribution in [-0.4, -0.2) is 23.6 Å². The lowest BCUT2D eigenvalue weighted by atomic mass is 10.1. The third kappa shape index (κ3) is 4.84. The van der Waals surface area contributed by atoms with E-state index in [1.807, 2.05) is 30.3 Å². The molecule has 6 heteroatoms. The number of ether oxygens (including phenoxy) is 1. The smallest absolute Gasteiger partial charge is 0.323 e. The Kier molecular flexibility index (Phi) is 5.71. The quantitative estimate of drug-likeness (QED) is 0.765. The Morgan fingerprint density at radius 3 is 2.81 bits per heavy atom. The predicted octanol–water partition coefficient (Wildman–Crippen LogP) is 1.99. The fraction of sp³-hybridized carbons (Fsp3) is 0.333. The lowest BCUT2D eigenvalue weighted by Crippen LogP contribution is -2.39. The summed E-state index contributed by atoms with van der Waals surface area (Å²) in [7, 11) is 0. The molecule has 0 aliphatic rings. The van der Waals surface area contributed by atoms with Gasteiger partial charge in [-0.1, -0.05) is 30.3 Å². The first-order valence-electron chi connectivity index (χ1n) is 6.83. The fourth-order valence-corrected chi connectivity index (χ4v) is 2.59. The van der Waals surface area contributed by atoms with E-state index >= 15 is 0 Å². The third-order valence-electron chi connectivity index (χ3n) is 2.95. The summed E-state index contributed by atoms with van der Waals surface area (Å²) >= 11 is 1.41. The zero-order valence-electron chi connectivity index (χ0n) is 11.9. The summed E-state index contributed by atoms with van der Waals surface area (Å²) in [6.07, 6.45) is 2.31. The van der Waals surface area contributed by atoms with Crippen LogP contribution in [0.4, 0.5) is 5.13 Å². The standard InChI is InChI=1S/C15H19N3O2S/c1-2-20-14(19)13(8-11-6-4-3-5-7-11)17-9-12-10-18-15(16)21-12/h3-7,10,13,17H,2,8-9H2,1H3,(H2,16,18). The average molecular weight is 305 g/mol. The van der Waals surface area contributed by atoms with Crippen LogP contribution in [0, 0.1) is 0 Å². The number of hydrogen-bond donors (Lipinski definition) is 2. The first kappa shape index (κ1) is 15.5. The third-order valence-corrected chi connectivity index (χ3v) is 3.77. The lowest BCUT2D eigenvalue weighted by Gasteiger charge is -2.16. The molecule has 0 aliphatic heterocycles. The van der Waals surface area contributed by atoms with Crippen LogP contribution in [0.15, 0.2) is 36.5 Å². The van der Waals surface area contributed by atoms with E-state index in [2.05, 4.69) is 10.3 Å². The number of anilines is 1. The van der Waals surface area contributed by atoms with Gasteiger partial charge in [-0.05, 0) is 18.9 Å². The van der Waals surface area contributed by atoms with E-state index in [4.69, 9.17) is 10.5 Å². The Morgan fingerprint density at radius 2 is 2.19 bits per heavy atom. The van der Waals surface area contributed by atoms with Gasteiger partial charge in [0, 0.05) is 17.6 Å². The highest BCUT2D eigenvalue weighted by atomic mass is 32.1. The number of rotatable bonds is 7. The van der Waals surface area contributed by atoms with Crippen LogP contribution in [0.5, 0.6) is 0 Å². The Hall–Kier alpha value is -1.92. The highest BCUT2D eigenvalue weighted by molar-refractivity contribution is 7.15. The summed E-state index contributed by atoms with van der Waals surface area (Å²) < 4.78 is 5.13. The number of benzene rings is 1. The molecule has 0 amide bonds. The first-order valence-corrected chi connectivity index (χ1v) is 7.64. The molecule has 3 N–H and O–H groups in total. The maximum atomic E-state index is 12.1. The molecule has 0 aliphatic carbocycles. The number of nitrogen functional groups attached to an aromatic ring is 1. The maximum absolute atomic E-state index is 12.1. The van der Waals surface area contributed by atoms with E-state index in [-0.39, 0.29) is 12.0 Å². The van der Waals surface area contributed by atoms with E-state index < -0.39 is 0 Å². The molecule has 1 unspecified atom stereocenters. The maximum Gasteiger partial charge on any atom is 0.323 e. The van der Waals surface area contributed by atoms with Crippen molar-refractivity contribution in [1.82, 2.24) is 10.3 Å². The van der Waals surface area contributed by atoms with E-state index in [0.29, 0.717) is 24.7 Å². The number of esters is 1. The van der Waals surface area contributed by atoms with E-state index in [1.54, 1.807) is 13.1 Å². The van der Waals surface area contributed by atoms with Crippen LogP contribution in [-0.2, 0) is 22.5 Å². The van der Waals surface area contributed by atoms with E-state index in [0.717, 1.165) is 10.4 Å². The summed E-state index contributed by atoms with van der Waals surface area (Å²) in [6.45, 7) is 2.73. The van der Waals surface area contributed by atoms with Crippen molar-refractivity contribution < 1.29 is 9.53 Å². The molecule has 0 radical (unpaired) electrons. The summed E-state index contributed by atoms with van der Waals surface area (Å²) in [6, 6.07) is 9.49. The molecule has 5 nitrogen and oxygen atoms in total. The average Bonchev–Trinajstić information content (AvgIpc) is 2.90. The Labute approximate surface area is 128 Å². The molecule has 1 atom stereocenters. The molecule has 1 aromatic heterocycles. The summed E-state index contributed by atoms with van der Waals surface area (Å²) in [5.74, 6) is -0.237. The van der Waals surface area contributed by atoms with Gasteiger partial charge in [-0.25, -0.2) is 4.98 Å². The van der Waals surface area contributed by atoms with Gasteiger partial charge in [0.05, 0.1) is 6.61 Å². The molecule has 0 saturated heterocycles. The van der Waals surface area contributed by atoms with Crippen molar-refractivity contribution in [3.8, 4) is 0 Å².